The van der Waals surface area contributed by atoms with Crippen molar-refractivity contribution < 1.29 is 14.3 Å². The van der Waals surface area contributed by atoms with Gasteiger partial charge in [0.25, 0.3) is 0 Å². The van der Waals surface area contributed by atoms with Gasteiger partial charge in [-0.3, -0.25) is 0 Å². The standard InChI is InChI=1S/C20H29NO3.ClH/c1-2-23-18-10-8-17(9-11-18)20(22)24-15-12-16-6-5-14-21-13-4-3-7-19(16)21;/h8-11,16,19H,2-7,12-15H2,1H3;1H. The molecule has 140 valence electrons. The third-order valence-corrected chi connectivity index (χ3v) is 5.35. The van der Waals surface area contributed by atoms with Gasteiger partial charge in [-0.1, -0.05) is 6.42 Å². The van der Waals surface area contributed by atoms with E-state index in [-0.39, 0.29) is 18.4 Å². The summed E-state index contributed by atoms with van der Waals surface area (Å²) in [6.45, 7) is 5.62. The van der Waals surface area contributed by atoms with Crippen LogP contribution in [0.3, 0.4) is 0 Å². The fourth-order valence-electron chi connectivity index (χ4n) is 4.15. The molecule has 0 spiro atoms. The quantitative estimate of drug-likeness (QED) is 0.702. The van der Waals surface area contributed by atoms with Crippen LogP contribution in [0, 0.1) is 5.92 Å². The highest BCUT2D eigenvalue weighted by atomic mass is 35.5. The molecule has 0 N–H and O–H groups in total. The minimum absolute atomic E-state index is 0. The van der Waals surface area contributed by atoms with Crippen LogP contribution >= 0.6 is 12.4 Å². The van der Waals surface area contributed by atoms with Gasteiger partial charge in [0, 0.05) is 6.04 Å². The smallest absolute Gasteiger partial charge is 0.338 e. The average molecular weight is 368 g/mol. The number of nitrogens with zero attached hydrogens (tertiary/aromatic N) is 1. The Balaban J connectivity index is 0.00000225. The van der Waals surface area contributed by atoms with E-state index in [1.807, 2.05) is 19.1 Å². The zero-order valence-corrected chi connectivity index (χ0v) is 15.9. The van der Waals surface area contributed by atoms with Crippen LogP contribution in [0.15, 0.2) is 24.3 Å². The number of hydrogen-bond acceptors (Lipinski definition) is 4. The van der Waals surface area contributed by atoms with Gasteiger partial charge < -0.3 is 14.4 Å². The third-order valence-electron chi connectivity index (χ3n) is 5.35. The number of esters is 1. The van der Waals surface area contributed by atoms with Gasteiger partial charge in [-0.2, -0.15) is 0 Å². The van der Waals surface area contributed by atoms with E-state index in [4.69, 9.17) is 9.47 Å². The summed E-state index contributed by atoms with van der Waals surface area (Å²) in [6, 6.07) is 7.91. The second-order valence-corrected chi connectivity index (χ2v) is 6.88. The predicted octanol–water partition coefficient (Wildman–Crippen LogP) is 4.32. The molecule has 0 aromatic heterocycles. The van der Waals surface area contributed by atoms with Crippen molar-refractivity contribution in [2.45, 2.75) is 51.5 Å². The molecule has 0 amide bonds. The molecular weight excluding hydrogens is 338 g/mol. The van der Waals surface area contributed by atoms with Gasteiger partial charge >= 0.3 is 5.97 Å². The van der Waals surface area contributed by atoms with Gasteiger partial charge in [0.15, 0.2) is 0 Å². The van der Waals surface area contributed by atoms with Gasteiger partial charge in [0.1, 0.15) is 5.75 Å². The van der Waals surface area contributed by atoms with E-state index in [1.54, 1.807) is 12.1 Å². The Kier molecular flexibility index (Phi) is 8.04. The number of piperidine rings is 2. The fraction of sp³-hybridized carbons (Fsp3) is 0.650. The molecule has 0 saturated carbocycles. The van der Waals surface area contributed by atoms with Crippen molar-refractivity contribution >= 4 is 18.4 Å². The maximum Gasteiger partial charge on any atom is 0.338 e. The van der Waals surface area contributed by atoms with Crippen LogP contribution < -0.4 is 4.74 Å². The number of benzene rings is 1. The van der Waals surface area contributed by atoms with Crippen molar-refractivity contribution in [2.75, 3.05) is 26.3 Å². The number of halogens is 1. The summed E-state index contributed by atoms with van der Waals surface area (Å²) in [5.74, 6) is 1.25. The summed E-state index contributed by atoms with van der Waals surface area (Å²) in [6.07, 6.45) is 7.57. The maximum absolute atomic E-state index is 12.2. The van der Waals surface area contributed by atoms with E-state index in [0.29, 0.717) is 24.7 Å². The van der Waals surface area contributed by atoms with Crippen LogP contribution in [0.5, 0.6) is 5.75 Å². The molecule has 2 atom stereocenters. The first kappa shape index (κ1) is 20.1. The summed E-state index contributed by atoms with van der Waals surface area (Å²) in [7, 11) is 0. The molecule has 2 heterocycles. The normalized spacial score (nSPS) is 23.2. The van der Waals surface area contributed by atoms with Crippen molar-refractivity contribution in [1.29, 1.82) is 0 Å². The minimum atomic E-state index is -0.227. The molecule has 2 aliphatic rings. The summed E-state index contributed by atoms with van der Waals surface area (Å²) < 4.78 is 10.9. The lowest BCUT2D eigenvalue weighted by atomic mass is 9.82. The van der Waals surface area contributed by atoms with E-state index < -0.39 is 0 Å². The van der Waals surface area contributed by atoms with Crippen LogP contribution in [-0.2, 0) is 4.74 Å². The van der Waals surface area contributed by atoms with E-state index >= 15 is 0 Å². The Labute approximate surface area is 157 Å². The maximum atomic E-state index is 12.2. The molecule has 0 radical (unpaired) electrons. The van der Waals surface area contributed by atoms with Gasteiger partial charge in [-0.15, -0.1) is 12.4 Å². The highest BCUT2D eigenvalue weighted by Crippen LogP contribution is 2.32. The average Bonchev–Trinajstić information content (AvgIpc) is 2.63. The van der Waals surface area contributed by atoms with Crippen LogP contribution in [0.4, 0.5) is 0 Å². The molecule has 5 heteroatoms. The predicted molar refractivity (Wildman–Crippen MR) is 102 cm³/mol. The Morgan fingerprint density at radius 2 is 1.88 bits per heavy atom. The summed E-state index contributed by atoms with van der Waals surface area (Å²) in [5.41, 5.74) is 0.599. The van der Waals surface area contributed by atoms with E-state index in [1.165, 1.54) is 45.2 Å². The Morgan fingerprint density at radius 1 is 1.12 bits per heavy atom. The first-order valence-corrected chi connectivity index (χ1v) is 9.42. The number of rotatable bonds is 6. The number of carbonyl (C=O) groups is 1. The molecule has 4 nitrogen and oxygen atoms in total. The van der Waals surface area contributed by atoms with E-state index in [2.05, 4.69) is 4.90 Å². The second-order valence-electron chi connectivity index (χ2n) is 6.88. The first-order chi connectivity index (χ1) is 11.8. The molecule has 25 heavy (non-hydrogen) atoms. The lowest BCUT2D eigenvalue weighted by Crippen LogP contribution is -2.48. The van der Waals surface area contributed by atoms with Crippen LogP contribution in [0.1, 0.15) is 55.8 Å². The number of carbonyl (C=O) groups excluding carboxylic acids is 1. The molecule has 2 unspecified atom stereocenters. The Morgan fingerprint density at radius 3 is 2.64 bits per heavy atom. The lowest BCUT2D eigenvalue weighted by molar-refractivity contribution is 0.0296. The molecule has 2 saturated heterocycles. The summed E-state index contributed by atoms with van der Waals surface area (Å²) >= 11 is 0. The molecule has 1 aromatic rings. The van der Waals surface area contributed by atoms with Gasteiger partial charge in [-0.05, 0) is 82.3 Å². The topological polar surface area (TPSA) is 38.8 Å². The molecule has 2 aliphatic heterocycles. The molecule has 0 bridgehead atoms. The van der Waals surface area contributed by atoms with Crippen molar-refractivity contribution in [1.82, 2.24) is 4.90 Å². The highest BCUT2D eigenvalue weighted by molar-refractivity contribution is 5.89. The fourth-order valence-corrected chi connectivity index (χ4v) is 4.15. The van der Waals surface area contributed by atoms with Gasteiger partial charge in [0.2, 0.25) is 0 Å². The molecular formula is C20H30ClNO3. The van der Waals surface area contributed by atoms with E-state index in [9.17, 15) is 4.79 Å². The molecule has 2 fully saturated rings. The zero-order valence-electron chi connectivity index (χ0n) is 15.1. The van der Waals surface area contributed by atoms with Crippen LogP contribution in [0.25, 0.3) is 0 Å². The highest BCUT2D eigenvalue weighted by Gasteiger charge is 2.32. The Hall–Kier alpha value is -1.26. The van der Waals surface area contributed by atoms with Crippen molar-refractivity contribution in [2.24, 2.45) is 5.92 Å². The van der Waals surface area contributed by atoms with Crippen molar-refractivity contribution in [3.63, 3.8) is 0 Å². The van der Waals surface area contributed by atoms with Crippen LogP contribution in [-0.4, -0.2) is 43.2 Å². The lowest BCUT2D eigenvalue weighted by Gasteiger charge is -2.44. The first-order valence-electron chi connectivity index (χ1n) is 9.42. The Bertz CT molecular complexity index is 532. The summed E-state index contributed by atoms with van der Waals surface area (Å²) in [5, 5.41) is 0. The van der Waals surface area contributed by atoms with Crippen molar-refractivity contribution in [3.05, 3.63) is 29.8 Å². The monoisotopic (exact) mass is 367 g/mol. The summed E-state index contributed by atoms with van der Waals surface area (Å²) in [4.78, 5) is 14.8. The van der Waals surface area contributed by atoms with Crippen molar-refractivity contribution in [3.8, 4) is 5.75 Å². The number of fused-ring (bicyclic) bond motifs is 1. The number of ether oxygens (including phenoxy) is 2. The number of hydrogen-bond donors (Lipinski definition) is 0. The molecule has 3 rings (SSSR count). The van der Waals surface area contributed by atoms with Crippen LogP contribution in [0.2, 0.25) is 0 Å². The molecule has 0 aliphatic carbocycles. The van der Waals surface area contributed by atoms with Gasteiger partial charge in [-0.25, -0.2) is 4.79 Å². The largest absolute Gasteiger partial charge is 0.494 e. The SMILES string of the molecule is CCOc1ccc(C(=O)OCCC2CCCN3CCCCC23)cc1.Cl. The zero-order chi connectivity index (χ0) is 16.8. The third kappa shape index (κ3) is 5.35. The van der Waals surface area contributed by atoms with Gasteiger partial charge in [0.05, 0.1) is 18.8 Å². The minimum Gasteiger partial charge on any atom is -0.494 e. The van der Waals surface area contributed by atoms with E-state index in [0.717, 1.165) is 18.2 Å². The second kappa shape index (κ2) is 10.0. The molecule has 1 aromatic carbocycles.